The number of hydrogen-bond acceptors (Lipinski definition) is 3. The molecule has 0 radical (unpaired) electrons. The summed E-state index contributed by atoms with van der Waals surface area (Å²) in [6.07, 6.45) is 1.75. The Balaban J connectivity index is 2.37. The number of sulfonamides is 1. The van der Waals surface area contributed by atoms with Crippen LogP contribution in [0.5, 0.6) is 0 Å². The molecule has 1 fully saturated rings. The fourth-order valence-corrected chi connectivity index (χ4v) is 4.74. The second-order valence-corrected chi connectivity index (χ2v) is 8.31. The van der Waals surface area contributed by atoms with Crippen molar-refractivity contribution in [1.82, 2.24) is 9.62 Å². The first-order chi connectivity index (χ1) is 9.90. The number of halogens is 1. The second-order valence-electron chi connectivity index (χ2n) is 5.56. The topological polar surface area (TPSA) is 49.4 Å². The molecule has 1 heterocycles. The molecule has 1 aromatic rings. The van der Waals surface area contributed by atoms with E-state index in [1.807, 2.05) is 19.9 Å². The van der Waals surface area contributed by atoms with E-state index in [0.29, 0.717) is 11.4 Å². The Kier molecular flexibility index (Phi) is 5.46. The van der Waals surface area contributed by atoms with Gasteiger partial charge in [-0.15, -0.1) is 0 Å². The summed E-state index contributed by atoms with van der Waals surface area (Å²) in [5.41, 5.74) is 0.936. The number of aryl methyl sites for hydroxylation is 1. The fourth-order valence-electron chi connectivity index (χ4n) is 2.66. The van der Waals surface area contributed by atoms with Crippen LogP contribution in [0, 0.1) is 6.92 Å². The van der Waals surface area contributed by atoms with Crippen molar-refractivity contribution in [2.75, 3.05) is 13.1 Å². The third kappa shape index (κ3) is 3.50. The zero-order valence-corrected chi connectivity index (χ0v) is 15.2. The lowest BCUT2D eigenvalue weighted by molar-refractivity contribution is 0.215. The van der Waals surface area contributed by atoms with Gasteiger partial charge < -0.3 is 5.32 Å². The van der Waals surface area contributed by atoms with Gasteiger partial charge in [0.15, 0.2) is 0 Å². The van der Waals surface area contributed by atoms with Crippen LogP contribution in [0.2, 0.25) is 0 Å². The average molecular weight is 375 g/mol. The van der Waals surface area contributed by atoms with Gasteiger partial charge in [0.1, 0.15) is 0 Å². The normalized spacial score (nSPS) is 24.2. The summed E-state index contributed by atoms with van der Waals surface area (Å²) in [4.78, 5) is 0.387. The molecule has 6 heteroatoms. The van der Waals surface area contributed by atoms with E-state index in [0.717, 1.165) is 29.4 Å². The Labute approximate surface area is 136 Å². The minimum atomic E-state index is -3.43. The highest BCUT2D eigenvalue weighted by molar-refractivity contribution is 9.10. The lowest BCUT2D eigenvalue weighted by Gasteiger charge is -2.38. The van der Waals surface area contributed by atoms with Gasteiger partial charge >= 0.3 is 0 Å². The number of rotatable bonds is 4. The zero-order chi connectivity index (χ0) is 15.6. The van der Waals surface area contributed by atoms with Crippen LogP contribution in [0.15, 0.2) is 27.6 Å². The SMILES string of the molecule is CCC1CN(S(=O)(=O)c2ccc(Br)c(C)c2)C(CC)CN1. The molecule has 2 unspecified atom stereocenters. The van der Waals surface area contributed by atoms with E-state index in [-0.39, 0.29) is 12.1 Å². The summed E-state index contributed by atoms with van der Waals surface area (Å²) in [5.74, 6) is 0. The smallest absolute Gasteiger partial charge is 0.243 e. The molecular weight excluding hydrogens is 352 g/mol. The molecular formula is C15H23BrN2O2S. The van der Waals surface area contributed by atoms with E-state index in [1.165, 1.54) is 0 Å². The van der Waals surface area contributed by atoms with Gasteiger partial charge in [-0.25, -0.2) is 8.42 Å². The predicted molar refractivity (Wildman–Crippen MR) is 88.9 cm³/mol. The van der Waals surface area contributed by atoms with E-state index in [2.05, 4.69) is 28.2 Å². The van der Waals surface area contributed by atoms with Crippen LogP contribution >= 0.6 is 15.9 Å². The van der Waals surface area contributed by atoms with Crippen molar-refractivity contribution in [2.24, 2.45) is 0 Å². The Bertz CT molecular complexity index is 604. The van der Waals surface area contributed by atoms with Gasteiger partial charge in [-0.2, -0.15) is 4.31 Å². The number of nitrogens with zero attached hydrogens (tertiary/aromatic N) is 1. The Hall–Kier alpha value is -0.430. The highest BCUT2D eigenvalue weighted by Gasteiger charge is 2.35. The first kappa shape index (κ1) is 16.9. The summed E-state index contributed by atoms with van der Waals surface area (Å²) < 4.78 is 28.5. The molecule has 0 amide bonds. The predicted octanol–water partition coefficient (Wildman–Crippen LogP) is 2.91. The maximum atomic E-state index is 13.0. The fraction of sp³-hybridized carbons (Fsp3) is 0.600. The molecule has 0 saturated carbocycles. The summed E-state index contributed by atoms with van der Waals surface area (Å²) in [6, 6.07) is 5.50. The van der Waals surface area contributed by atoms with Gasteiger partial charge in [-0.3, -0.25) is 0 Å². The lowest BCUT2D eigenvalue weighted by atomic mass is 10.1. The van der Waals surface area contributed by atoms with Crippen molar-refractivity contribution in [3.63, 3.8) is 0 Å². The van der Waals surface area contributed by atoms with Crippen molar-refractivity contribution < 1.29 is 8.42 Å². The molecule has 4 nitrogen and oxygen atoms in total. The van der Waals surface area contributed by atoms with Gasteiger partial charge in [0.2, 0.25) is 10.0 Å². The van der Waals surface area contributed by atoms with Gasteiger partial charge in [-0.1, -0.05) is 29.8 Å². The Morgan fingerprint density at radius 1 is 1.33 bits per heavy atom. The second kappa shape index (κ2) is 6.77. The van der Waals surface area contributed by atoms with Gasteiger partial charge in [-0.05, 0) is 43.5 Å². The van der Waals surface area contributed by atoms with Gasteiger partial charge in [0.25, 0.3) is 0 Å². The Morgan fingerprint density at radius 3 is 2.62 bits per heavy atom. The summed E-state index contributed by atoms with van der Waals surface area (Å²) >= 11 is 3.42. The van der Waals surface area contributed by atoms with Gasteiger partial charge in [0, 0.05) is 29.6 Å². The zero-order valence-electron chi connectivity index (χ0n) is 12.8. The molecule has 0 bridgehead atoms. The van der Waals surface area contributed by atoms with E-state index < -0.39 is 10.0 Å². The van der Waals surface area contributed by atoms with Crippen LogP contribution in [0.1, 0.15) is 32.3 Å². The monoisotopic (exact) mass is 374 g/mol. The molecule has 2 rings (SSSR count). The van der Waals surface area contributed by atoms with Crippen molar-refractivity contribution in [2.45, 2.75) is 50.6 Å². The van der Waals surface area contributed by atoms with Crippen LogP contribution in [-0.4, -0.2) is 37.9 Å². The molecule has 0 spiro atoms. The summed E-state index contributed by atoms with van der Waals surface area (Å²) in [7, 11) is -3.43. The molecule has 0 aliphatic carbocycles. The van der Waals surface area contributed by atoms with E-state index in [4.69, 9.17) is 0 Å². The standard InChI is InChI=1S/C15H23BrN2O2S/c1-4-12-10-18(13(5-2)9-17-12)21(19,20)14-6-7-15(16)11(3)8-14/h6-8,12-13,17H,4-5,9-10H2,1-3H3. The van der Waals surface area contributed by atoms with E-state index in [1.54, 1.807) is 16.4 Å². The third-order valence-electron chi connectivity index (χ3n) is 4.15. The maximum Gasteiger partial charge on any atom is 0.243 e. The summed E-state index contributed by atoms with van der Waals surface area (Å²) in [5, 5.41) is 3.43. The van der Waals surface area contributed by atoms with E-state index >= 15 is 0 Å². The van der Waals surface area contributed by atoms with Crippen LogP contribution < -0.4 is 5.32 Å². The van der Waals surface area contributed by atoms with Crippen molar-refractivity contribution in [3.8, 4) is 0 Å². The molecule has 21 heavy (non-hydrogen) atoms. The molecule has 118 valence electrons. The Morgan fingerprint density at radius 2 is 2.05 bits per heavy atom. The van der Waals surface area contributed by atoms with Crippen molar-refractivity contribution in [1.29, 1.82) is 0 Å². The average Bonchev–Trinajstić information content (AvgIpc) is 2.49. The number of benzene rings is 1. The molecule has 0 aromatic heterocycles. The number of hydrogen-bond donors (Lipinski definition) is 1. The molecule has 1 saturated heterocycles. The van der Waals surface area contributed by atoms with E-state index in [9.17, 15) is 8.42 Å². The van der Waals surface area contributed by atoms with Crippen LogP contribution in [0.4, 0.5) is 0 Å². The highest BCUT2D eigenvalue weighted by atomic mass is 79.9. The lowest BCUT2D eigenvalue weighted by Crippen LogP contribution is -2.57. The van der Waals surface area contributed by atoms with Gasteiger partial charge in [0.05, 0.1) is 4.90 Å². The molecule has 2 atom stereocenters. The molecule has 1 aliphatic rings. The largest absolute Gasteiger partial charge is 0.311 e. The number of nitrogens with one attached hydrogen (secondary N) is 1. The van der Waals surface area contributed by atoms with Crippen molar-refractivity contribution >= 4 is 26.0 Å². The van der Waals surface area contributed by atoms with Crippen LogP contribution in [0.25, 0.3) is 0 Å². The first-order valence-corrected chi connectivity index (χ1v) is 9.64. The minimum Gasteiger partial charge on any atom is -0.311 e. The van der Waals surface area contributed by atoms with Crippen molar-refractivity contribution in [3.05, 3.63) is 28.2 Å². The molecule has 1 aromatic carbocycles. The molecule has 1 aliphatic heterocycles. The quantitative estimate of drug-likeness (QED) is 0.881. The molecule has 1 N–H and O–H groups in total. The minimum absolute atomic E-state index is 0.0294. The highest BCUT2D eigenvalue weighted by Crippen LogP contribution is 2.26. The third-order valence-corrected chi connectivity index (χ3v) is 6.95. The van der Waals surface area contributed by atoms with Crippen LogP contribution in [0.3, 0.4) is 0 Å². The summed E-state index contributed by atoms with van der Waals surface area (Å²) in [6.45, 7) is 7.30. The van der Waals surface area contributed by atoms with Crippen LogP contribution in [-0.2, 0) is 10.0 Å². The number of piperazine rings is 1. The maximum absolute atomic E-state index is 13.0. The first-order valence-electron chi connectivity index (χ1n) is 7.41.